The van der Waals surface area contributed by atoms with Crippen LogP contribution in [0.15, 0.2) is 18.2 Å². The molecule has 3 nitrogen and oxygen atoms in total. The minimum Gasteiger partial charge on any atom is -0.496 e. The standard InChI is InChI=1S/C13H19F3N2O/c1-4-18(8-13(14,15)16)10-6-5-7-11(19-3)12(10)9(2)17/h5-7,9H,4,8,17H2,1-3H3/t9-/m1/s1. The van der Waals surface area contributed by atoms with Gasteiger partial charge in [0.1, 0.15) is 12.3 Å². The van der Waals surface area contributed by atoms with Gasteiger partial charge in [-0.15, -0.1) is 0 Å². The van der Waals surface area contributed by atoms with Gasteiger partial charge < -0.3 is 15.4 Å². The summed E-state index contributed by atoms with van der Waals surface area (Å²) >= 11 is 0. The van der Waals surface area contributed by atoms with Gasteiger partial charge in [0.25, 0.3) is 0 Å². The van der Waals surface area contributed by atoms with Gasteiger partial charge in [-0.1, -0.05) is 6.07 Å². The normalized spacial score (nSPS) is 13.2. The van der Waals surface area contributed by atoms with E-state index in [-0.39, 0.29) is 6.54 Å². The molecule has 0 radical (unpaired) electrons. The third kappa shape index (κ3) is 4.02. The number of hydrogen-bond donors (Lipinski definition) is 1. The van der Waals surface area contributed by atoms with Gasteiger partial charge >= 0.3 is 6.18 Å². The van der Waals surface area contributed by atoms with Gasteiger partial charge in [0.05, 0.1) is 7.11 Å². The number of methoxy groups -OCH3 is 1. The maximum Gasteiger partial charge on any atom is 0.405 e. The number of hydrogen-bond acceptors (Lipinski definition) is 3. The molecule has 0 unspecified atom stereocenters. The highest BCUT2D eigenvalue weighted by molar-refractivity contribution is 5.60. The number of nitrogens with two attached hydrogens (primary N) is 1. The Balaban J connectivity index is 3.23. The quantitative estimate of drug-likeness (QED) is 0.898. The van der Waals surface area contributed by atoms with Gasteiger partial charge in [-0.3, -0.25) is 0 Å². The van der Waals surface area contributed by atoms with Gasteiger partial charge in [0.2, 0.25) is 0 Å². The van der Waals surface area contributed by atoms with Gasteiger partial charge in [0, 0.05) is 23.8 Å². The van der Waals surface area contributed by atoms with Gasteiger partial charge in [0.15, 0.2) is 0 Å². The molecule has 0 saturated carbocycles. The molecule has 19 heavy (non-hydrogen) atoms. The second kappa shape index (κ2) is 6.14. The Hall–Kier alpha value is -1.43. The van der Waals surface area contributed by atoms with Crippen molar-refractivity contribution in [3.8, 4) is 5.75 Å². The van der Waals surface area contributed by atoms with Crippen LogP contribution in [-0.2, 0) is 0 Å². The number of halogens is 3. The molecule has 2 N–H and O–H groups in total. The number of alkyl halides is 3. The van der Waals surface area contributed by atoms with Crippen LogP contribution in [0, 0.1) is 0 Å². The summed E-state index contributed by atoms with van der Waals surface area (Å²) in [7, 11) is 1.48. The highest BCUT2D eigenvalue weighted by Gasteiger charge is 2.31. The van der Waals surface area contributed by atoms with Gasteiger partial charge in [-0.25, -0.2) is 0 Å². The first kappa shape index (κ1) is 15.6. The van der Waals surface area contributed by atoms with E-state index in [4.69, 9.17) is 10.5 Å². The molecule has 0 heterocycles. The molecule has 0 aliphatic rings. The predicted molar refractivity (Wildman–Crippen MR) is 69.5 cm³/mol. The first-order valence-corrected chi connectivity index (χ1v) is 6.04. The molecule has 1 aromatic carbocycles. The fourth-order valence-corrected chi connectivity index (χ4v) is 2.03. The number of rotatable bonds is 5. The molecule has 0 saturated heterocycles. The van der Waals surface area contributed by atoms with Crippen molar-refractivity contribution in [3.05, 3.63) is 23.8 Å². The lowest BCUT2D eigenvalue weighted by Gasteiger charge is -2.28. The van der Waals surface area contributed by atoms with Crippen LogP contribution in [0.1, 0.15) is 25.5 Å². The summed E-state index contributed by atoms with van der Waals surface area (Å²) in [5.41, 5.74) is 6.92. The molecule has 0 aliphatic heterocycles. The van der Waals surface area contributed by atoms with E-state index in [0.717, 1.165) is 0 Å². The Morgan fingerprint density at radius 1 is 1.37 bits per heavy atom. The van der Waals surface area contributed by atoms with Crippen LogP contribution in [0.3, 0.4) is 0 Å². The zero-order valence-corrected chi connectivity index (χ0v) is 11.3. The molecule has 1 atom stereocenters. The predicted octanol–water partition coefficient (Wildman–Crippen LogP) is 3.10. The molecule has 6 heteroatoms. The van der Waals surface area contributed by atoms with Crippen molar-refractivity contribution >= 4 is 5.69 Å². The minimum absolute atomic E-state index is 0.242. The Kier molecular flexibility index (Phi) is 5.05. The Morgan fingerprint density at radius 3 is 2.42 bits per heavy atom. The van der Waals surface area contributed by atoms with E-state index in [1.54, 1.807) is 32.0 Å². The van der Waals surface area contributed by atoms with Crippen LogP contribution in [0.25, 0.3) is 0 Å². The smallest absolute Gasteiger partial charge is 0.405 e. The second-order valence-corrected chi connectivity index (χ2v) is 4.31. The molecule has 108 valence electrons. The lowest BCUT2D eigenvalue weighted by atomic mass is 10.0. The van der Waals surface area contributed by atoms with Gasteiger partial charge in [-0.2, -0.15) is 13.2 Å². The maximum absolute atomic E-state index is 12.6. The molecule has 1 rings (SSSR count). The van der Waals surface area contributed by atoms with Crippen LogP contribution in [0.4, 0.5) is 18.9 Å². The van der Waals surface area contributed by atoms with Crippen LogP contribution >= 0.6 is 0 Å². The van der Waals surface area contributed by atoms with Crippen molar-refractivity contribution in [2.75, 3.05) is 25.1 Å². The molecule has 0 spiro atoms. The highest BCUT2D eigenvalue weighted by Crippen LogP contribution is 2.34. The van der Waals surface area contributed by atoms with E-state index in [1.165, 1.54) is 12.0 Å². The fraction of sp³-hybridized carbons (Fsp3) is 0.538. The number of benzene rings is 1. The average molecular weight is 276 g/mol. The largest absolute Gasteiger partial charge is 0.496 e. The van der Waals surface area contributed by atoms with E-state index in [2.05, 4.69) is 0 Å². The summed E-state index contributed by atoms with van der Waals surface area (Å²) in [5.74, 6) is 0.508. The Labute approximate surface area is 111 Å². The van der Waals surface area contributed by atoms with Crippen molar-refractivity contribution in [2.45, 2.75) is 26.1 Å². The van der Waals surface area contributed by atoms with E-state index < -0.39 is 18.8 Å². The van der Waals surface area contributed by atoms with Crippen LogP contribution in [0.5, 0.6) is 5.75 Å². The molecule has 0 amide bonds. The van der Waals surface area contributed by atoms with Crippen LogP contribution < -0.4 is 15.4 Å². The Bertz CT molecular complexity index is 419. The van der Waals surface area contributed by atoms with Crippen molar-refractivity contribution in [2.24, 2.45) is 5.73 Å². The number of nitrogens with zero attached hydrogens (tertiary/aromatic N) is 1. The van der Waals surface area contributed by atoms with E-state index in [9.17, 15) is 13.2 Å². The zero-order chi connectivity index (χ0) is 14.6. The van der Waals surface area contributed by atoms with Crippen LogP contribution in [-0.4, -0.2) is 26.4 Å². The summed E-state index contributed by atoms with van der Waals surface area (Å²) < 4.78 is 43.0. The maximum atomic E-state index is 12.6. The van der Waals surface area contributed by atoms with Crippen molar-refractivity contribution < 1.29 is 17.9 Å². The number of anilines is 1. The lowest BCUT2D eigenvalue weighted by molar-refractivity contribution is -0.119. The molecular weight excluding hydrogens is 257 g/mol. The minimum atomic E-state index is -4.26. The second-order valence-electron chi connectivity index (χ2n) is 4.31. The SMILES string of the molecule is CCN(CC(F)(F)F)c1cccc(OC)c1[C@@H](C)N. The van der Waals surface area contributed by atoms with Crippen molar-refractivity contribution in [3.63, 3.8) is 0 Å². The summed E-state index contributed by atoms with van der Waals surface area (Å²) in [6, 6.07) is 4.59. The fourth-order valence-electron chi connectivity index (χ4n) is 2.03. The topological polar surface area (TPSA) is 38.5 Å². The monoisotopic (exact) mass is 276 g/mol. The first-order valence-electron chi connectivity index (χ1n) is 6.04. The third-order valence-electron chi connectivity index (χ3n) is 2.81. The summed E-state index contributed by atoms with van der Waals surface area (Å²) in [4.78, 5) is 1.25. The van der Waals surface area contributed by atoms with Crippen molar-refractivity contribution in [1.82, 2.24) is 0 Å². The van der Waals surface area contributed by atoms with Crippen molar-refractivity contribution in [1.29, 1.82) is 0 Å². The van der Waals surface area contributed by atoms with Crippen LogP contribution in [0.2, 0.25) is 0 Å². The first-order chi connectivity index (χ1) is 8.80. The van der Waals surface area contributed by atoms with E-state index in [1.807, 2.05) is 0 Å². The van der Waals surface area contributed by atoms with E-state index >= 15 is 0 Å². The lowest BCUT2D eigenvalue weighted by Crippen LogP contribution is -2.35. The summed E-state index contributed by atoms with van der Waals surface area (Å²) in [5, 5.41) is 0. The zero-order valence-electron chi connectivity index (χ0n) is 11.3. The third-order valence-corrected chi connectivity index (χ3v) is 2.81. The number of ether oxygens (including phenoxy) is 1. The molecule has 0 aliphatic carbocycles. The molecular formula is C13H19F3N2O. The van der Waals surface area contributed by atoms with Gasteiger partial charge in [-0.05, 0) is 26.0 Å². The highest BCUT2D eigenvalue weighted by atomic mass is 19.4. The molecule has 0 aromatic heterocycles. The average Bonchev–Trinajstić information content (AvgIpc) is 2.33. The molecule has 1 aromatic rings. The summed E-state index contributed by atoms with van der Waals surface area (Å²) in [6.45, 7) is 2.64. The molecule has 0 bridgehead atoms. The molecule has 0 fully saturated rings. The summed E-state index contributed by atoms with van der Waals surface area (Å²) in [6.07, 6.45) is -4.26. The van der Waals surface area contributed by atoms with E-state index in [0.29, 0.717) is 17.0 Å². The Morgan fingerprint density at radius 2 is 2.00 bits per heavy atom.